The van der Waals surface area contributed by atoms with Gasteiger partial charge in [-0.15, -0.1) is 0 Å². The molecule has 0 atom stereocenters. The van der Waals surface area contributed by atoms with Gasteiger partial charge in [-0.3, -0.25) is 4.79 Å². The van der Waals surface area contributed by atoms with Gasteiger partial charge in [0.1, 0.15) is 24.2 Å². The van der Waals surface area contributed by atoms with Gasteiger partial charge >= 0.3 is 0 Å². The van der Waals surface area contributed by atoms with Crippen molar-refractivity contribution in [3.63, 3.8) is 0 Å². The number of hydrogen-bond donors (Lipinski definition) is 0. The summed E-state index contributed by atoms with van der Waals surface area (Å²) in [5, 5.41) is 2.14. The summed E-state index contributed by atoms with van der Waals surface area (Å²) in [5.41, 5.74) is 7.57. The lowest BCUT2D eigenvalue weighted by molar-refractivity contribution is -0.123. The van der Waals surface area contributed by atoms with E-state index in [4.69, 9.17) is 4.42 Å². The number of ketones is 1. The van der Waals surface area contributed by atoms with E-state index in [1.165, 1.54) is 16.0 Å². The van der Waals surface area contributed by atoms with Gasteiger partial charge in [0.15, 0.2) is 0 Å². The van der Waals surface area contributed by atoms with E-state index in [1.54, 1.807) is 0 Å². The van der Waals surface area contributed by atoms with Gasteiger partial charge < -0.3 is 9.32 Å². The van der Waals surface area contributed by atoms with Crippen LogP contribution < -0.4 is 14.8 Å². The Hall–Kier alpha value is -4.65. The second kappa shape index (κ2) is 14.2. The number of nitrogens with zero attached hydrogens (tertiary/aromatic N) is 3. The summed E-state index contributed by atoms with van der Waals surface area (Å²) in [5.74, 6) is 1.47. The highest BCUT2D eigenvalue weighted by atomic mass is 32.2. The molecule has 1 aliphatic carbocycles. The highest BCUT2D eigenvalue weighted by Gasteiger charge is 2.26. The first-order valence-electron chi connectivity index (χ1n) is 17.0. The second-order valence-electron chi connectivity index (χ2n) is 12.6. The minimum absolute atomic E-state index is 0.201. The molecule has 0 N–H and O–H groups in total. The van der Waals surface area contributed by atoms with E-state index in [2.05, 4.69) is 144 Å². The summed E-state index contributed by atoms with van der Waals surface area (Å²) in [7, 11) is 4.19. The molecule has 1 fully saturated rings. The third kappa shape index (κ3) is 6.55. The molecule has 4 aromatic carbocycles. The Morgan fingerprint density at radius 1 is 0.833 bits per heavy atom. The predicted molar refractivity (Wildman–Crippen MR) is 200 cm³/mol. The molecule has 3 aliphatic rings. The van der Waals surface area contributed by atoms with Gasteiger partial charge in [0.2, 0.25) is 11.0 Å². The van der Waals surface area contributed by atoms with Crippen molar-refractivity contribution in [1.29, 1.82) is 0 Å². The van der Waals surface area contributed by atoms with Crippen LogP contribution >= 0.6 is 11.9 Å². The summed E-state index contributed by atoms with van der Waals surface area (Å²) in [4.78, 5) is 16.0. The number of carbonyl (C=O) groups excluding carboxylic acids is 1. The molecule has 242 valence electrons. The average molecular weight is 653 g/mol. The minimum Gasteiger partial charge on any atom is -0.456 e. The summed E-state index contributed by atoms with van der Waals surface area (Å²) in [6.45, 7) is 3.92. The molecule has 4 aromatic rings. The third-order valence-corrected chi connectivity index (χ3v) is 10.7. The van der Waals surface area contributed by atoms with Crippen molar-refractivity contribution in [2.24, 2.45) is 5.92 Å². The van der Waals surface area contributed by atoms with Gasteiger partial charge in [-0.2, -0.15) is 4.58 Å². The van der Waals surface area contributed by atoms with Gasteiger partial charge in [0, 0.05) is 89.5 Å². The van der Waals surface area contributed by atoms with Gasteiger partial charge in [-0.05, 0) is 73.2 Å². The summed E-state index contributed by atoms with van der Waals surface area (Å²) in [6.07, 6.45) is 3.49. The SMILES string of the molecule is CCCC(=O)C1CCN(Sc2ccccc2-c2c3ccc(=[N+](C)c4ccccc4)cc-3oc3cc(N(C)c4ccccc4)ccc23)CC1. The molecule has 0 spiro atoms. The van der Waals surface area contributed by atoms with Crippen LogP contribution in [0.2, 0.25) is 0 Å². The van der Waals surface area contributed by atoms with Crippen molar-refractivity contribution in [3.8, 4) is 22.5 Å². The Morgan fingerprint density at radius 3 is 2.29 bits per heavy atom. The van der Waals surface area contributed by atoms with Gasteiger partial charge in [0.25, 0.3) is 0 Å². The molecule has 5 nitrogen and oxygen atoms in total. The zero-order chi connectivity index (χ0) is 33.0. The lowest BCUT2D eigenvalue weighted by Crippen LogP contribution is -2.32. The third-order valence-electron chi connectivity index (χ3n) is 9.54. The first kappa shape index (κ1) is 31.9. The van der Waals surface area contributed by atoms with Crippen LogP contribution in [0.15, 0.2) is 131 Å². The zero-order valence-electron chi connectivity index (χ0n) is 27.9. The van der Waals surface area contributed by atoms with Crippen LogP contribution in [0.1, 0.15) is 32.6 Å². The second-order valence-corrected chi connectivity index (χ2v) is 13.8. The number of fused-ring (bicyclic) bond motifs is 2. The summed E-state index contributed by atoms with van der Waals surface area (Å²) >= 11 is 1.82. The maximum Gasteiger partial charge on any atom is 0.209 e. The number of hydrogen-bond acceptors (Lipinski definition) is 5. The van der Waals surface area contributed by atoms with Crippen molar-refractivity contribution in [1.82, 2.24) is 8.88 Å². The van der Waals surface area contributed by atoms with E-state index < -0.39 is 0 Å². The van der Waals surface area contributed by atoms with Crippen molar-refractivity contribution < 1.29 is 9.21 Å². The highest BCUT2D eigenvalue weighted by Crippen LogP contribution is 2.45. The van der Waals surface area contributed by atoms with Crippen molar-refractivity contribution in [2.75, 3.05) is 32.1 Å². The monoisotopic (exact) mass is 652 g/mol. The van der Waals surface area contributed by atoms with Crippen LogP contribution in [-0.4, -0.2) is 37.3 Å². The van der Waals surface area contributed by atoms with Crippen LogP contribution in [-0.2, 0) is 4.79 Å². The number of carbonyl (C=O) groups is 1. The quantitative estimate of drug-likeness (QED) is 0.0884. The number of anilines is 2. The molecular formula is C42H42N3O2S+. The Morgan fingerprint density at radius 2 is 1.54 bits per heavy atom. The normalized spacial score (nSPS) is 14.7. The molecule has 0 saturated carbocycles. The molecule has 7 rings (SSSR count). The minimum atomic E-state index is 0.201. The lowest BCUT2D eigenvalue weighted by Gasteiger charge is -2.31. The molecule has 0 radical (unpaired) electrons. The van der Waals surface area contributed by atoms with E-state index >= 15 is 0 Å². The van der Waals surface area contributed by atoms with Gasteiger partial charge in [-0.1, -0.05) is 61.5 Å². The molecule has 0 aromatic heterocycles. The van der Waals surface area contributed by atoms with Crippen LogP contribution in [0.4, 0.5) is 17.1 Å². The number of rotatable bonds is 9. The standard InChI is InChI=1S/C42H42N3O2S/c1-4-13-38(46)30-24-26-45(27-25-30)48-41-19-12-11-18-37(41)42-35-22-20-33(43(2)31-14-7-5-8-15-31)28-39(35)47-40-29-34(21-23-36(40)42)44(3)32-16-9-6-10-17-32/h5-12,14-23,28-30H,4,13,24-27H2,1-3H3/q+1. The molecular weight excluding hydrogens is 611 g/mol. The summed E-state index contributed by atoms with van der Waals surface area (Å²) < 4.78 is 11.4. The molecule has 2 aliphatic heterocycles. The first-order chi connectivity index (χ1) is 23.5. The fourth-order valence-corrected chi connectivity index (χ4v) is 7.87. The number of benzene rings is 5. The lowest BCUT2D eigenvalue weighted by atomic mass is 9.91. The number of Topliss-reactive ketones (excluding diaryl/α,β-unsaturated/α-hetero) is 1. The van der Waals surface area contributed by atoms with Gasteiger partial charge in [-0.25, -0.2) is 4.31 Å². The van der Waals surface area contributed by atoms with Crippen LogP contribution in [0.3, 0.4) is 0 Å². The van der Waals surface area contributed by atoms with Crippen LogP contribution in [0.25, 0.3) is 33.4 Å². The fourth-order valence-electron chi connectivity index (χ4n) is 6.79. The van der Waals surface area contributed by atoms with E-state index in [0.717, 1.165) is 77.1 Å². The van der Waals surface area contributed by atoms with Gasteiger partial charge in [0.05, 0.1) is 6.07 Å². The molecule has 0 bridgehead atoms. The smallest absolute Gasteiger partial charge is 0.209 e. The van der Waals surface area contributed by atoms with Crippen molar-refractivity contribution in [3.05, 3.63) is 127 Å². The Bertz CT molecular complexity index is 2080. The summed E-state index contributed by atoms with van der Waals surface area (Å²) in [6, 6.07) is 42.6. The molecule has 6 heteroatoms. The van der Waals surface area contributed by atoms with Crippen LogP contribution in [0.5, 0.6) is 0 Å². The van der Waals surface area contributed by atoms with E-state index in [1.807, 2.05) is 24.1 Å². The first-order valence-corrected chi connectivity index (χ1v) is 17.7. The maximum atomic E-state index is 12.6. The molecule has 48 heavy (non-hydrogen) atoms. The fraction of sp³-hybridized carbons (Fsp3) is 0.238. The Balaban J connectivity index is 1.35. The Kier molecular flexibility index (Phi) is 9.46. The molecule has 0 amide bonds. The zero-order valence-corrected chi connectivity index (χ0v) is 28.7. The maximum absolute atomic E-state index is 12.6. The average Bonchev–Trinajstić information content (AvgIpc) is 3.14. The van der Waals surface area contributed by atoms with E-state index in [9.17, 15) is 4.79 Å². The highest BCUT2D eigenvalue weighted by molar-refractivity contribution is 7.97. The van der Waals surface area contributed by atoms with Crippen LogP contribution in [0, 0.1) is 5.92 Å². The van der Waals surface area contributed by atoms with Crippen molar-refractivity contribution >= 4 is 45.8 Å². The molecule has 1 saturated heterocycles. The van der Waals surface area contributed by atoms with E-state index in [-0.39, 0.29) is 5.92 Å². The van der Waals surface area contributed by atoms with E-state index in [0.29, 0.717) is 12.2 Å². The number of piperidine rings is 1. The Labute approximate surface area is 287 Å². The predicted octanol–water partition coefficient (Wildman–Crippen LogP) is 9.79. The molecule has 2 heterocycles. The van der Waals surface area contributed by atoms with Crippen molar-refractivity contribution in [2.45, 2.75) is 37.5 Å². The largest absolute Gasteiger partial charge is 0.456 e. The topological polar surface area (TPSA) is 39.7 Å². The number of para-hydroxylation sites is 2. The molecule has 0 unspecified atom stereocenters.